The van der Waals surface area contributed by atoms with Gasteiger partial charge in [0.1, 0.15) is 6.33 Å². The quantitative estimate of drug-likeness (QED) is 0.869. The van der Waals surface area contributed by atoms with Gasteiger partial charge >= 0.3 is 0 Å². The van der Waals surface area contributed by atoms with Crippen molar-refractivity contribution in [2.45, 2.75) is 6.04 Å². The first-order valence-corrected chi connectivity index (χ1v) is 5.48. The van der Waals surface area contributed by atoms with Gasteiger partial charge in [0.05, 0.1) is 20.3 Å². The molecule has 0 spiro atoms. The van der Waals surface area contributed by atoms with Crippen LogP contribution < -0.4 is 15.2 Å². The van der Waals surface area contributed by atoms with E-state index in [0.717, 1.165) is 5.56 Å². The number of nitrogens with zero attached hydrogens (tertiary/aromatic N) is 3. The van der Waals surface area contributed by atoms with Crippen LogP contribution in [0.2, 0.25) is 0 Å². The van der Waals surface area contributed by atoms with Crippen LogP contribution in [0.5, 0.6) is 11.5 Å². The maximum atomic E-state index is 6.11. The first-order chi connectivity index (χ1) is 8.65. The lowest BCUT2D eigenvalue weighted by atomic mass is 10.1. The van der Waals surface area contributed by atoms with Crippen LogP contribution >= 0.6 is 0 Å². The number of hydrogen-bond donors (Lipinski definition) is 1. The van der Waals surface area contributed by atoms with E-state index in [1.807, 2.05) is 18.2 Å². The Morgan fingerprint density at radius 1 is 1.22 bits per heavy atom. The molecule has 2 aromatic rings. The van der Waals surface area contributed by atoms with Gasteiger partial charge in [0, 0.05) is 7.05 Å². The normalized spacial score (nSPS) is 12.2. The molecule has 1 heterocycles. The van der Waals surface area contributed by atoms with Gasteiger partial charge < -0.3 is 15.2 Å². The Kier molecular flexibility index (Phi) is 3.47. The molecule has 6 heteroatoms. The van der Waals surface area contributed by atoms with Crippen LogP contribution in [0.1, 0.15) is 17.4 Å². The van der Waals surface area contributed by atoms with E-state index in [0.29, 0.717) is 17.3 Å². The number of benzene rings is 1. The summed E-state index contributed by atoms with van der Waals surface area (Å²) in [4.78, 5) is 4.14. The molecule has 1 aromatic heterocycles. The zero-order valence-corrected chi connectivity index (χ0v) is 10.6. The molecule has 0 radical (unpaired) electrons. The second kappa shape index (κ2) is 5.05. The van der Waals surface area contributed by atoms with Crippen molar-refractivity contribution in [2.75, 3.05) is 14.2 Å². The first-order valence-electron chi connectivity index (χ1n) is 5.48. The van der Waals surface area contributed by atoms with Crippen molar-refractivity contribution in [1.29, 1.82) is 0 Å². The van der Waals surface area contributed by atoms with E-state index in [-0.39, 0.29) is 6.04 Å². The average molecular weight is 248 g/mol. The van der Waals surface area contributed by atoms with Crippen molar-refractivity contribution in [2.24, 2.45) is 12.8 Å². The maximum Gasteiger partial charge on any atom is 0.171 e. The second-order valence-corrected chi connectivity index (χ2v) is 3.87. The van der Waals surface area contributed by atoms with Gasteiger partial charge in [0.15, 0.2) is 17.3 Å². The molecule has 0 aliphatic heterocycles. The Morgan fingerprint density at radius 2 is 1.94 bits per heavy atom. The molecule has 0 aliphatic carbocycles. The third kappa shape index (κ3) is 2.28. The van der Waals surface area contributed by atoms with Crippen LogP contribution in [0, 0.1) is 0 Å². The topological polar surface area (TPSA) is 75.2 Å². The smallest absolute Gasteiger partial charge is 0.171 e. The van der Waals surface area contributed by atoms with Crippen LogP contribution in [0.3, 0.4) is 0 Å². The summed E-state index contributed by atoms with van der Waals surface area (Å²) in [5.74, 6) is 1.88. The van der Waals surface area contributed by atoms with Crippen molar-refractivity contribution in [3.05, 3.63) is 35.9 Å². The molecule has 0 aliphatic rings. The molecule has 6 nitrogen and oxygen atoms in total. The monoisotopic (exact) mass is 248 g/mol. The van der Waals surface area contributed by atoms with Gasteiger partial charge in [-0.1, -0.05) is 6.07 Å². The third-order valence-corrected chi connectivity index (χ3v) is 2.66. The fraction of sp³-hybridized carbons (Fsp3) is 0.333. The Balaban J connectivity index is 2.33. The summed E-state index contributed by atoms with van der Waals surface area (Å²) in [6.07, 6.45) is 1.62. The molecule has 0 bridgehead atoms. The lowest BCUT2D eigenvalue weighted by Gasteiger charge is -2.12. The van der Waals surface area contributed by atoms with E-state index in [2.05, 4.69) is 10.1 Å². The van der Waals surface area contributed by atoms with Crippen LogP contribution in [-0.4, -0.2) is 29.0 Å². The molecular weight excluding hydrogens is 232 g/mol. The number of nitrogens with two attached hydrogens (primary N) is 1. The summed E-state index contributed by atoms with van der Waals surface area (Å²) in [6.45, 7) is 0. The Labute approximate surface area is 105 Å². The zero-order valence-electron chi connectivity index (χ0n) is 10.6. The summed E-state index contributed by atoms with van der Waals surface area (Å²) in [5, 5.41) is 4.19. The number of ether oxygens (including phenoxy) is 2. The Bertz CT molecular complexity index is 539. The van der Waals surface area contributed by atoms with Gasteiger partial charge in [-0.15, -0.1) is 0 Å². The molecule has 2 N–H and O–H groups in total. The number of aromatic nitrogens is 3. The molecule has 1 aromatic carbocycles. The number of rotatable bonds is 4. The van der Waals surface area contributed by atoms with Gasteiger partial charge in [-0.25, -0.2) is 4.98 Å². The summed E-state index contributed by atoms with van der Waals surface area (Å²) >= 11 is 0. The minimum absolute atomic E-state index is 0.383. The first kappa shape index (κ1) is 12.4. The maximum absolute atomic E-state index is 6.11. The number of methoxy groups -OCH3 is 2. The minimum Gasteiger partial charge on any atom is -0.493 e. The summed E-state index contributed by atoms with van der Waals surface area (Å²) in [5.41, 5.74) is 6.98. The highest BCUT2D eigenvalue weighted by Crippen LogP contribution is 2.30. The van der Waals surface area contributed by atoms with E-state index in [4.69, 9.17) is 15.2 Å². The zero-order chi connectivity index (χ0) is 13.1. The highest BCUT2D eigenvalue weighted by atomic mass is 16.5. The average Bonchev–Trinajstić information content (AvgIpc) is 2.83. The molecule has 96 valence electrons. The molecule has 1 unspecified atom stereocenters. The van der Waals surface area contributed by atoms with Gasteiger partial charge in [-0.3, -0.25) is 4.68 Å². The number of hydrogen-bond acceptors (Lipinski definition) is 5. The van der Waals surface area contributed by atoms with Gasteiger partial charge in [-0.05, 0) is 17.7 Å². The fourth-order valence-corrected chi connectivity index (χ4v) is 1.69. The predicted molar refractivity (Wildman–Crippen MR) is 66.6 cm³/mol. The van der Waals surface area contributed by atoms with Gasteiger partial charge in [0.25, 0.3) is 0 Å². The number of aryl methyl sites for hydroxylation is 1. The third-order valence-electron chi connectivity index (χ3n) is 2.66. The molecular formula is C12H16N4O2. The fourth-order valence-electron chi connectivity index (χ4n) is 1.69. The molecule has 0 fully saturated rings. The van der Waals surface area contributed by atoms with Crippen LogP contribution in [0.25, 0.3) is 0 Å². The van der Waals surface area contributed by atoms with E-state index < -0.39 is 0 Å². The molecule has 0 amide bonds. The minimum atomic E-state index is -0.383. The summed E-state index contributed by atoms with van der Waals surface area (Å²) in [6, 6.07) is 5.14. The lowest BCUT2D eigenvalue weighted by Crippen LogP contribution is -2.14. The second-order valence-electron chi connectivity index (χ2n) is 3.87. The van der Waals surface area contributed by atoms with Crippen molar-refractivity contribution in [1.82, 2.24) is 14.8 Å². The lowest BCUT2D eigenvalue weighted by molar-refractivity contribution is 0.354. The van der Waals surface area contributed by atoms with E-state index in [1.54, 1.807) is 32.3 Å². The Morgan fingerprint density at radius 3 is 2.50 bits per heavy atom. The highest BCUT2D eigenvalue weighted by molar-refractivity contribution is 5.44. The van der Waals surface area contributed by atoms with E-state index in [1.165, 1.54) is 0 Å². The highest BCUT2D eigenvalue weighted by Gasteiger charge is 2.15. The van der Waals surface area contributed by atoms with Gasteiger partial charge in [-0.2, -0.15) is 5.10 Å². The SMILES string of the molecule is COc1ccc(C(N)c2ncn(C)n2)cc1OC. The molecule has 1 atom stereocenters. The van der Waals surface area contributed by atoms with Crippen LogP contribution in [-0.2, 0) is 7.05 Å². The van der Waals surface area contributed by atoms with Crippen molar-refractivity contribution in [3.8, 4) is 11.5 Å². The summed E-state index contributed by atoms with van der Waals surface area (Å²) < 4.78 is 12.0. The van der Waals surface area contributed by atoms with Crippen molar-refractivity contribution >= 4 is 0 Å². The van der Waals surface area contributed by atoms with Gasteiger partial charge in [0.2, 0.25) is 0 Å². The van der Waals surface area contributed by atoms with E-state index in [9.17, 15) is 0 Å². The standard InChI is InChI=1S/C12H16N4O2/c1-16-7-14-12(15-16)11(13)8-4-5-9(17-2)10(6-8)18-3/h4-7,11H,13H2,1-3H3. The molecule has 0 saturated heterocycles. The van der Waals surface area contributed by atoms with E-state index >= 15 is 0 Å². The predicted octanol–water partition coefficient (Wildman–Crippen LogP) is 0.880. The Hall–Kier alpha value is -2.08. The largest absolute Gasteiger partial charge is 0.493 e. The van der Waals surface area contributed by atoms with Crippen molar-refractivity contribution in [3.63, 3.8) is 0 Å². The van der Waals surface area contributed by atoms with Crippen LogP contribution in [0.15, 0.2) is 24.5 Å². The molecule has 18 heavy (non-hydrogen) atoms. The summed E-state index contributed by atoms with van der Waals surface area (Å²) in [7, 11) is 4.99. The molecule has 2 rings (SSSR count). The molecule has 0 saturated carbocycles. The van der Waals surface area contributed by atoms with Crippen LogP contribution in [0.4, 0.5) is 0 Å². The van der Waals surface area contributed by atoms with Crippen molar-refractivity contribution < 1.29 is 9.47 Å².